The third kappa shape index (κ3) is 3.73. The summed E-state index contributed by atoms with van der Waals surface area (Å²) in [6.45, 7) is 0. The molecule has 0 bridgehead atoms. The summed E-state index contributed by atoms with van der Waals surface area (Å²) in [6, 6.07) is 24.5. The van der Waals surface area contributed by atoms with Crippen LogP contribution in [0.1, 0.15) is 10.6 Å². The molecule has 146 valence electrons. The van der Waals surface area contributed by atoms with E-state index in [0.29, 0.717) is 16.3 Å². The fraction of sp³-hybridized carbons (Fsp3) is 0. The van der Waals surface area contributed by atoms with Crippen molar-refractivity contribution in [1.29, 1.82) is 0 Å². The highest BCUT2D eigenvalue weighted by Crippen LogP contribution is 2.30. The molecule has 0 fully saturated rings. The number of halogens is 1. The number of fused-ring (bicyclic) bond motifs is 1. The quantitative estimate of drug-likeness (QED) is 0.330. The van der Waals surface area contributed by atoms with Gasteiger partial charge in [0.15, 0.2) is 5.76 Å². The molecule has 2 aromatic heterocycles. The monoisotopic (exact) mass is 430 g/mol. The first-order valence-corrected chi connectivity index (χ1v) is 10.5. The van der Waals surface area contributed by atoms with Crippen LogP contribution in [-0.4, -0.2) is 10.9 Å². The van der Waals surface area contributed by atoms with Gasteiger partial charge in [-0.3, -0.25) is 4.79 Å². The molecule has 4 nitrogen and oxygen atoms in total. The topological polar surface area (TPSA) is 55.1 Å². The van der Waals surface area contributed by atoms with E-state index in [1.807, 2.05) is 78.2 Å². The van der Waals surface area contributed by atoms with E-state index in [9.17, 15) is 4.79 Å². The van der Waals surface area contributed by atoms with Crippen molar-refractivity contribution in [1.82, 2.24) is 4.98 Å². The summed E-state index contributed by atoms with van der Waals surface area (Å²) in [7, 11) is 0. The summed E-state index contributed by atoms with van der Waals surface area (Å²) in [5.74, 6) is -0.0104. The van der Waals surface area contributed by atoms with Gasteiger partial charge in [0.05, 0.1) is 5.69 Å². The average Bonchev–Trinajstić information content (AvgIpc) is 3.42. The Morgan fingerprint density at radius 2 is 1.77 bits per heavy atom. The van der Waals surface area contributed by atoms with Crippen LogP contribution in [0.25, 0.3) is 32.8 Å². The van der Waals surface area contributed by atoms with Crippen LogP contribution in [0.4, 0.5) is 5.69 Å². The minimum atomic E-state index is -0.288. The van der Waals surface area contributed by atoms with Gasteiger partial charge in [0, 0.05) is 32.6 Å². The Balaban J connectivity index is 1.38. The number of hydrogen-bond acceptors (Lipinski definition) is 4. The molecule has 0 saturated heterocycles. The average molecular weight is 431 g/mol. The van der Waals surface area contributed by atoms with E-state index in [0.717, 1.165) is 27.2 Å². The third-order valence-corrected chi connectivity index (χ3v) is 5.80. The molecule has 1 amide bonds. The number of para-hydroxylation sites is 1. The molecule has 0 unspecified atom stereocenters. The Morgan fingerprint density at radius 1 is 0.933 bits per heavy atom. The first-order chi connectivity index (χ1) is 14.7. The van der Waals surface area contributed by atoms with Gasteiger partial charge in [0.2, 0.25) is 0 Å². The van der Waals surface area contributed by atoms with Gasteiger partial charge in [-0.2, -0.15) is 0 Å². The van der Waals surface area contributed by atoms with Crippen LogP contribution in [-0.2, 0) is 0 Å². The molecular weight excluding hydrogens is 416 g/mol. The van der Waals surface area contributed by atoms with Gasteiger partial charge in [-0.25, -0.2) is 4.98 Å². The molecule has 0 spiro atoms. The van der Waals surface area contributed by atoms with E-state index in [4.69, 9.17) is 21.0 Å². The number of anilines is 1. The van der Waals surface area contributed by atoms with Crippen LogP contribution in [0, 0.1) is 0 Å². The van der Waals surface area contributed by atoms with Crippen LogP contribution in [0.2, 0.25) is 5.02 Å². The molecule has 30 heavy (non-hydrogen) atoms. The van der Waals surface area contributed by atoms with Crippen LogP contribution in [0.3, 0.4) is 0 Å². The first-order valence-electron chi connectivity index (χ1n) is 9.27. The molecule has 0 aliphatic rings. The van der Waals surface area contributed by atoms with Crippen molar-refractivity contribution in [3.63, 3.8) is 0 Å². The second-order valence-electron chi connectivity index (χ2n) is 6.73. The number of carbonyl (C=O) groups is 1. The number of furan rings is 1. The fourth-order valence-electron chi connectivity index (χ4n) is 3.17. The summed E-state index contributed by atoms with van der Waals surface area (Å²) in [5, 5.41) is 7.42. The Labute approximate surface area is 181 Å². The molecule has 6 heteroatoms. The number of nitrogens with one attached hydrogen (secondary N) is 1. The number of thiazole rings is 1. The molecule has 0 atom stereocenters. The normalized spacial score (nSPS) is 11.0. The highest BCUT2D eigenvalue weighted by Gasteiger charge is 2.13. The first kappa shape index (κ1) is 18.6. The Hall–Kier alpha value is -3.41. The van der Waals surface area contributed by atoms with Crippen LogP contribution >= 0.6 is 22.9 Å². The molecule has 0 saturated carbocycles. The van der Waals surface area contributed by atoms with Crippen molar-refractivity contribution in [3.8, 4) is 21.8 Å². The number of amides is 1. The Morgan fingerprint density at radius 3 is 2.60 bits per heavy atom. The second kappa shape index (κ2) is 7.78. The zero-order valence-electron chi connectivity index (χ0n) is 15.6. The highest BCUT2D eigenvalue weighted by atomic mass is 35.5. The van der Waals surface area contributed by atoms with Crippen LogP contribution in [0.5, 0.6) is 0 Å². The summed E-state index contributed by atoms with van der Waals surface area (Å²) in [6.07, 6.45) is 0. The Bertz CT molecular complexity index is 1320. The minimum Gasteiger partial charge on any atom is -0.451 e. The van der Waals surface area contributed by atoms with Gasteiger partial charge in [-0.15, -0.1) is 11.3 Å². The van der Waals surface area contributed by atoms with E-state index in [-0.39, 0.29) is 11.7 Å². The summed E-state index contributed by atoms with van der Waals surface area (Å²) >= 11 is 7.53. The predicted octanol–water partition coefficient (Wildman–Crippen LogP) is 7.13. The summed E-state index contributed by atoms with van der Waals surface area (Å²) < 4.78 is 5.65. The molecule has 5 aromatic rings. The smallest absolute Gasteiger partial charge is 0.291 e. The second-order valence-corrected chi connectivity index (χ2v) is 8.02. The van der Waals surface area contributed by atoms with Gasteiger partial charge in [0.1, 0.15) is 10.6 Å². The molecular formula is C24H15ClN2O2S. The van der Waals surface area contributed by atoms with Crippen molar-refractivity contribution < 1.29 is 9.21 Å². The Kier molecular flexibility index (Phi) is 4.83. The lowest BCUT2D eigenvalue weighted by molar-refractivity contribution is 0.0998. The molecule has 0 aliphatic heterocycles. The van der Waals surface area contributed by atoms with Crippen molar-refractivity contribution in [2.45, 2.75) is 0 Å². The standard InChI is InChI=1S/C24H15ClN2O2S/c25-18-10-8-15(9-11-18)24-27-20(14-30-24)16-5-3-6-19(12-16)26-23(28)22-13-17-4-1-2-7-21(17)29-22/h1-14H,(H,26,28). The van der Waals surface area contributed by atoms with Gasteiger partial charge in [0.25, 0.3) is 5.91 Å². The molecule has 0 radical (unpaired) electrons. The van der Waals surface area contributed by atoms with Gasteiger partial charge in [-0.1, -0.05) is 54.1 Å². The van der Waals surface area contributed by atoms with Crippen molar-refractivity contribution >= 4 is 45.5 Å². The summed E-state index contributed by atoms with van der Waals surface area (Å²) in [5.41, 5.74) is 4.16. The van der Waals surface area contributed by atoms with E-state index in [1.165, 1.54) is 0 Å². The lowest BCUT2D eigenvalue weighted by atomic mass is 10.1. The van der Waals surface area contributed by atoms with E-state index in [1.54, 1.807) is 17.4 Å². The number of carbonyl (C=O) groups excluding carboxylic acids is 1. The highest BCUT2D eigenvalue weighted by molar-refractivity contribution is 7.13. The van der Waals surface area contributed by atoms with E-state index >= 15 is 0 Å². The fourth-order valence-corrected chi connectivity index (χ4v) is 4.14. The molecule has 0 aliphatic carbocycles. The molecule has 5 rings (SSSR count). The van der Waals surface area contributed by atoms with Gasteiger partial charge < -0.3 is 9.73 Å². The van der Waals surface area contributed by atoms with Crippen molar-refractivity contribution in [2.75, 3.05) is 5.32 Å². The van der Waals surface area contributed by atoms with Crippen LogP contribution < -0.4 is 5.32 Å². The SMILES string of the molecule is O=C(Nc1cccc(-c2csc(-c3ccc(Cl)cc3)n2)c1)c1cc2ccccc2o1. The molecule has 1 N–H and O–H groups in total. The largest absolute Gasteiger partial charge is 0.451 e. The lowest BCUT2D eigenvalue weighted by Gasteiger charge is -2.05. The minimum absolute atomic E-state index is 0.278. The van der Waals surface area contributed by atoms with E-state index in [2.05, 4.69) is 5.32 Å². The maximum Gasteiger partial charge on any atom is 0.291 e. The van der Waals surface area contributed by atoms with Crippen LogP contribution in [0.15, 0.2) is 88.7 Å². The zero-order chi connectivity index (χ0) is 20.5. The number of rotatable bonds is 4. The van der Waals surface area contributed by atoms with Crippen molar-refractivity contribution in [2.24, 2.45) is 0 Å². The predicted molar refractivity (Wildman–Crippen MR) is 122 cm³/mol. The number of aromatic nitrogens is 1. The maximum atomic E-state index is 12.6. The zero-order valence-corrected chi connectivity index (χ0v) is 17.2. The number of nitrogens with zero attached hydrogens (tertiary/aromatic N) is 1. The number of benzene rings is 3. The lowest BCUT2D eigenvalue weighted by Crippen LogP contribution is -2.10. The molecule has 2 heterocycles. The van der Waals surface area contributed by atoms with E-state index < -0.39 is 0 Å². The van der Waals surface area contributed by atoms with Crippen molar-refractivity contribution in [3.05, 3.63) is 95.0 Å². The maximum absolute atomic E-state index is 12.6. The third-order valence-electron chi connectivity index (χ3n) is 4.66. The number of hydrogen-bond donors (Lipinski definition) is 1. The summed E-state index contributed by atoms with van der Waals surface area (Å²) in [4.78, 5) is 17.4. The van der Waals surface area contributed by atoms with Gasteiger partial charge >= 0.3 is 0 Å². The van der Waals surface area contributed by atoms with Gasteiger partial charge in [-0.05, 0) is 36.4 Å². The molecule has 3 aromatic carbocycles.